The van der Waals surface area contributed by atoms with E-state index >= 15 is 0 Å². The number of hydrogen-bond donors (Lipinski definition) is 0. The molecular formula is C30H32F4O4Ti. The molecule has 0 amide bonds. The van der Waals surface area contributed by atoms with Crippen LogP contribution in [0.1, 0.15) is 37.8 Å². The molecule has 2 aromatic carbocycles. The average molecular weight is 580 g/mol. The van der Waals surface area contributed by atoms with Crippen LogP contribution >= 0.6 is 0 Å². The first-order valence-corrected chi connectivity index (χ1v) is 11.5. The van der Waals surface area contributed by atoms with E-state index in [9.17, 15) is 17.6 Å². The minimum atomic E-state index is -1.21. The molecule has 0 aromatic heterocycles. The smallest absolute Gasteiger partial charge is 0.360 e. The summed E-state index contributed by atoms with van der Waals surface area (Å²) in [5.41, 5.74) is 0.229. The van der Waals surface area contributed by atoms with Crippen molar-refractivity contribution in [3.8, 4) is 0 Å². The van der Waals surface area contributed by atoms with E-state index in [0.717, 1.165) is 25.0 Å². The largest absolute Gasteiger partial charge is 4.00 e. The van der Waals surface area contributed by atoms with Gasteiger partial charge in [-0.2, -0.15) is 24.3 Å². The van der Waals surface area contributed by atoms with Gasteiger partial charge in [0.15, 0.2) is 0 Å². The van der Waals surface area contributed by atoms with Gasteiger partial charge in [0.2, 0.25) is 0 Å². The minimum absolute atomic E-state index is 0. The Labute approximate surface area is 243 Å². The zero-order valence-corrected chi connectivity index (χ0v) is 24.4. The SMILES string of the molecule is COC(C)(OC)c1ccc(F)[c-]c1F.COC(C)(OC)c1ccc(F)[c-]c1F.[C-]1=CC=CC1.[C-]1=CC=CC1.[Ti+4]. The maximum Gasteiger partial charge on any atom is 4.00 e. The Kier molecular flexibility index (Phi) is 17.7. The summed E-state index contributed by atoms with van der Waals surface area (Å²) in [6, 6.07) is 8.60. The van der Waals surface area contributed by atoms with Crippen LogP contribution in [0.2, 0.25) is 0 Å². The van der Waals surface area contributed by atoms with E-state index in [1.807, 2.05) is 36.4 Å². The molecule has 9 heteroatoms. The summed E-state index contributed by atoms with van der Waals surface area (Å²) >= 11 is 0. The first-order chi connectivity index (χ1) is 18.1. The van der Waals surface area contributed by atoms with Crippen LogP contribution in [-0.2, 0) is 52.2 Å². The monoisotopic (exact) mass is 580 g/mol. The van der Waals surface area contributed by atoms with Gasteiger partial charge in [-0.1, -0.05) is 11.1 Å². The predicted octanol–water partition coefficient (Wildman–Crippen LogP) is 7.07. The van der Waals surface area contributed by atoms with Crippen molar-refractivity contribution >= 4 is 0 Å². The third-order valence-corrected chi connectivity index (χ3v) is 5.43. The average Bonchev–Trinajstić information content (AvgIpc) is 3.68. The number of allylic oxidation sites excluding steroid dienone is 8. The second-order valence-corrected chi connectivity index (χ2v) is 7.78. The molecule has 0 radical (unpaired) electrons. The van der Waals surface area contributed by atoms with E-state index in [1.165, 1.54) is 54.4 Å². The van der Waals surface area contributed by atoms with E-state index in [1.54, 1.807) is 0 Å². The summed E-state index contributed by atoms with van der Waals surface area (Å²) in [4.78, 5) is 0. The van der Waals surface area contributed by atoms with Gasteiger partial charge in [-0.05, 0) is 13.8 Å². The summed E-state index contributed by atoms with van der Waals surface area (Å²) in [5, 5.41) is 0. The zero-order chi connectivity index (χ0) is 28.6. The van der Waals surface area contributed by atoms with Gasteiger partial charge < -0.3 is 18.9 Å². The van der Waals surface area contributed by atoms with E-state index < -0.39 is 34.8 Å². The molecule has 0 heterocycles. The Morgan fingerprint density at radius 1 is 0.615 bits per heavy atom. The molecule has 2 aromatic rings. The fourth-order valence-corrected chi connectivity index (χ4v) is 2.88. The third-order valence-electron chi connectivity index (χ3n) is 5.43. The quantitative estimate of drug-likeness (QED) is 0.159. The molecule has 0 saturated carbocycles. The molecule has 2 aliphatic rings. The summed E-state index contributed by atoms with van der Waals surface area (Å²) in [6.45, 7) is 3.08. The van der Waals surface area contributed by atoms with E-state index in [4.69, 9.17) is 18.9 Å². The number of rotatable bonds is 6. The molecular weight excluding hydrogens is 548 g/mol. The van der Waals surface area contributed by atoms with Crippen LogP contribution < -0.4 is 0 Å². The number of halogens is 4. The van der Waals surface area contributed by atoms with Crippen molar-refractivity contribution in [3.63, 3.8) is 0 Å². The van der Waals surface area contributed by atoms with Gasteiger partial charge in [0.25, 0.3) is 0 Å². The van der Waals surface area contributed by atoms with Gasteiger partial charge in [0.1, 0.15) is 11.6 Å². The molecule has 0 unspecified atom stereocenters. The predicted molar refractivity (Wildman–Crippen MR) is 136 cm³/mol. The van der Waals surface area contributed by atoms with Crippen molar-refractivity contribution in [3.05, 3.63) is 119 Å². The first-order valence-electron chi connectivity index (χ1n) is 11.5. The van der Waals surface area contributed by atoms with Gasteiger partial charge in [0.05, 0.1) is 0 Å². The third kappa shape index (κ3) is 12.2. The molecule has 0 atom stereocenters. The molecule has 0 bridgehead atoms. The van der Waals surface area contributed by atoms with Gasteiger partial charge in [-0.15, -0.1) is 37.1 Å². The molecule has 208 valence electrons. The first kappa shape index (κ1) is 36.7. The van der Waals surface area contributed by atoms with Crippen LogP contribution in [0, 0.1) is 47.6 Å². The van der Waals surface area contributed by atoms with Gasteiger partial charge in [-0.3, -0.25) is 12.2 Å². The summed E-state index contributed by atoms with van der Waals surface area (Å²) in [5.74, 6) is -5.54. The summed E-state index contributed by atoms with van der Waals surface area (Å²) in [6.07, 6.45) is 20.0. The van der Waals surface area contributed by atoms with E-state index in [-0.39, 0.29) is 32.8 Å². The second-order valence-electron chi connectivity index (χ2n) is 7.78. The normalized spacial score (nSPS) is 13.0. The van der Waals surface area contributed by atoms with Crippen molar-refractivity contribution in [1.82, 2.24) is 0 Å². The molecule has 39 heavy (non-hydrogen) atoms. The van der Waals surface area contributed by atoms with E-state index in [0.29, 0.717) is 0 Å². The van der Waals surface area contributed by atoms with Crippen molar-refractivity contribution < 1.29 is 58.2 Å². The molecule has 0 spiro atoms. The summed E-state index contributed by atoms with van der Waals surface area (Å²) < 4.78 is 71.6. The molecule has 4 rings (SSSR count). The minimum Gasteiger partial charge on any atom is -0.360 e. The Balaban J connectivity index is 0.000000537. The van der Waals surface area contributed by atoms with Crippen LogP contribution in [-0.4, -0.2) is 28.4 Å². The Bertz CT molecular complexity index is 1000. The zero-order valence-electron chi connectivity index (χ0n) is 22.8. The number of benzene rings is 2. The standard InChI is InChI=1S/2C10H11F2O2.2C5H5.Ti/c2*1-10(13-2,14-3)8-5-4-7(11)6-9(8)12;2*1-2-4-5-3-1;/h2*4-5H,1-3H3;2*1-3H,4H2;/q4*-1;+4. The summed E-state index contributed by atoms with van der Waals surface area (Å²) in [7, 11) is 5.52. The van der Waals surface area contributed by atoms with Crippen molar-refractivity contribution in [2.24, 2.45) is 0 Å². The second kappa shape index (κ2) is 18.9. The maximum absolute atomic E-state index is 13.3. The van der Waals surface area contributed by atoms with Crippen LogP contribution in [0.3, 0.4) is 0 Å². The van der Waals surface area contributed by atoms with Gasteiger partial charge in [0, 0.05) is 51.7 Å². The molecule has 2 aliphatic carbocycles. The number of methoxy groups -OCH3 is 4. The molecule has 0 fully saturated rings. The van der Waals surface area contributed by atoms with Crippen LogP contribution in [0.25, 0.3) is 0 Å². The Morgan fingerprint density at radius 3 is 1.13 bits per heavy atom. The van der Waals surface area contributed by atoms with E-state index in [2.05, 4.69) is 24.3 Å². The number of hydrogen-bond acceptors (Lipinski definition) is 4. The number of ether oxygens (including phenoxy) is 4. The van der Waals surface area contributed by atoms with Crippen molar-refractivity contribution in [2.75, 3.05) is 28.4 Å². The maximum atomic E-state index is 13.3. The molecule has 0 saturated heterocycles. The topological polar surface area (TPSA) is 36.9 Å². The Hall–Kier alpha value is -2.33. The van der Waals surface area contributed by atoms with Crippen LogP contribution in [0.5, 0.6) is 0 Å². The molecule has 0 N–H and O–H groups in total. The fourth-order valence-electron chi connectivity index (χ4n) is 2.88. The van der Waals surface area contributed by atoms with Crippen molar-refractivity contribution in [2.45, 2.75) is 38.3 Å². The Morgan fingerprint density at radius 2 is 0.949 bits per heavy atom. The molecule has 0 aliphatic heterocycles. The fraction of sp³-hybridized carbons (Fsp3) is 0.333. The van der Waals surface area contributed by atoms with Gasteiger partial charge in [-0.25, -0.2) is 41.9 Å². The molecule has 4 nitrogen and oxygen atoms in total. The van der Waals surface area contributed by atoms with Gasteiger partial charge >= 0.3 is 21.7 Å². The van der Waals surface area contributed by atoms with Crippen LogP contribution in [0.4, 0.5) is 17.6 Å². The van der Waals surface area contributed by atoms with Crippen molar-refractivity contribution in [1.29, 1.82) is 0 Å². The van der Waals surface area contributed by atoms with Crippen LogP contribution in [0.15, 0.2) is 60.7 Å².